The average Bonchev–Trinajstić information content (AvgIpc) is 2.60. The van der Waals surface area contributed by atoms with Crippen LogP contribution in [0.15, 0.2) is 41.4 Å². The number of aromatic hydroxyl groups is 1. The number of hydrogen-bond acceptors (Lipinski definition) is 4. The molecule has 0 aliphatic carbocycles. The van der Waals surface area contributed by atoms with Gasteiger partial charge in [0.2, 0.25) is 0 Å². The average molecular weight is 395 g/mol. The summed E-state index contributed by atoms with van der Waals surface area (Å²) < 4.78 is 0. The molecular formula is C24H30N2O3. The van der Waals surface area contributed by atoms with Gasteiger partial charge >= 0.3 is 0 Å². The molecule has 0 heterocycles. The van der Waals surface area contributed by atoms with Crippen molar-refractivity contribution in [3.63, 3.8) is 0 Å². The van der Waals surface area contributed by atoms with E-state index >= 15 is 0 Å². The van der Waals surface area contributed by atoms with Crippen LogP contribution in [0.4, 0.5) is 5.69 Å². The van der Waals surface area contributed by atoms with Gasteiger partial charge in [-0.1, -0.05) is 41.5 Å². The second-order valence-electron chi connectivity index (χ2n) is 9.26. The van der Waals surface area contributed by atoms with Crippen LogP contribution in [0.2, 0.25) is 0 Å². The number of non-ortho nitro benzene ring substituents is 1. The van der Waals surface area contributed by atoms with Crippen molar-refractivity contribution in [2.24, 2.45) is 4.99 Å². The highest BCUT2D eigenvalue weighted by Crippen LogP contribution is 2.40. The molecule has 154 valence electrons. The minimum absolute atomic E-state index is 0.0520. The van der Waals surface area contributed by atoms with Gasteiger partial charge in [0.05, 0.1) is 4.92 Å². The van der Waals surface area contributed by atoms with Crippen LogP contribution in [-0.4, -0.2) is 23.3 Å². The molecule has 0 aromatic heterocycles. The minimum atomic E-state index is -0.410. The largest absolute Gasteiger partial charge is 0.507 e. The number of hydrogen-bond donors (Lipinski definition) is 1. The quantitative estimate of drug-likeness (QED) is 0.293. The van der Waals surface area contributed by atoms with E-state index in [0.29, 0.717) is 5.75 Å². The van der Waals surface area contributed by atoms with Crippen LogP contribution in [0.25, 0.3) is 11.6 Å². The Hall–Kier alpha value is -2.95. The van der Waals surface area contributed by atoms with Gasteiger partial charge < -0.3 is 5.11 Å². The van der Waals surface area contributed by atoms with Crippen molar-refractivity contribution in [2.75, 3.05) is 7.05 Å². The fourth-order valence-corrected chi connectivity index (χ4v) is 3.17. The summed E-state index contributed by atoms with van der Waals surface area (Å²) in [6.07, 6.45) is 3.74. The second kappa shape index (κ2) is 8.19. The minimum Gasteiger partial charge on any atom is -0.507 e. The zero-order valence-electron chi connectivity index (χ0n) is 18.3. The summed E-state index contributed by atoms with van der Waals surface area (Å²) in [5.41, 5.74) is 4.00. The molecule has 0 bridgehead atoms. The molecule has 0 aliphatic heterocycles. The summed E-state index contributed by atoms with van der Waals surface area (Å²) >= 11 is 0. The lowest BCUT2D eigenvalue weighted by molar-refractivity contribution is -0.384. The Morgan fingerprint density at radius 3 is 1.86 bits per heavy atom. The highest BCUT2D eigenvalue weighted by atomic mass is 16.6. The third-order valence-corrected chi connectivity index (χ3v) is 4.75. The predicted molar refractivity (Wildman–Crippen MR) is 121 cm³/mol. The van der Waals surface area contributed by atoms with Gasteiger partial charge in [-0.15, -0.1) is 0 Å². The molecule has 29 heavy (non-hydrogen) atoms. The Labute approximate surface area is 173 Å². The number of phenolic OH excluding ortho intramolecular Hbond substituents is 1. The number of allylic oxidation sites excluding steroid dienone is 1. The fraction of sp³-hybridized carbons (Fsp3) is 0.375. The van der Waals surface area contributed by atoms with Crippen molar-refractivity contribution in [1.29, 1.82) is 0 Å². The smallest absolute Gasteiger partial charge is 0.269 e. The maximum absolute atomic E-state index is 10.9. The molecule has 0 aliphatic rings. The summed E-state index contributed by atoms with van der Waals surface area (Å²) in [5.74, 6) is 0.336. The summed E-state index contributed by atoms with van der Waals surface area (Å²) in [7, 11) is 1.69. The number of phenols is 1. The number of benzene rings is 2. The van der Waals surface area contributed by atoms with Crippen LogP contribution in [0.3, 0.4) is 0 Å². The molecule has 0 unspecified atom stereocenters. The van der Waals surface area contributed by atoms with Crippen LogP contribution in [0.5, 0.6) is 5.75 Å². The lowest BCUT2D eigenvalue weighted by Crippen LogP contribution is -2.17. The van der Waals surface area contributed by atoms with Gasteiger partial charge in [0.15, 0.2) is 0 Å². The first-order valence-corrected chi connectivity index (χ1v) is 9.61. The van der Waals surface area contributed by atoms with Gasteiger partial charge in [0.25, 0.3) is 5.69 Å². The van der Waals surface area contributed by atoms with Crippen LogP contribution in [-0.2, 0) is 10.8 Å². The maximum atomic E-state index is 10.9. The van der Waals surface area contributed by atoms with Gasteiger partial charge in [-0.05, 0) is 52.3 Å². The van der Waals surface area contributed by atoms with E-state index in [1.807, 2.05) is 18.2 Å². The van der Waals surface area contributed by atoms with E-state index in [0.717, 1.165) is 27.8 Å². The van der Waals surface area contributed by atoms with E-state index in [1.165, 1.54) is 12.1 Å². The molecule has 0 saturated carbocycles. The van der Waals surface area contributed by atoms with Gasteiger partial charge in [-0.2, -0.15) is 0 Å². The number of rotatable bonds is 4. The van der Waals surface area contributed by atoms with Gasteiger partial charge in [-0.3, -0.25) is 15.1 Å². The number of aliphatic imine (C=N–C) groups is 1. The van der Waals surface area contributed by atoms with Crippen molar-refractivity contribution < 1.29 is 10.0 Å². The zero-order chi connectivity index (χ0) is 22.0. The molecule has 0 atom stereocenters. The molecule has 0 saturated heterocycles. The Morgan fingerprint density at radius 2 is 1.48 bits per heavy atom. The van der Waals surface area contributed by atoms with E-state index in [2.05, 4.69) is 46.5 Å². The van der Waals surface area contributed by atoms with E-state index in [1.54, 1.807) is 25.4 Å². The maximum Gasteiger partial charge on any atom is 0.269 e. The van der Waals surface area contributed by atoms with Crippen molar-refractivity contribution in [3.8, 4) is 5.75 Å². The Bertz CT molecular complexity index is 922. The van der Waals surface area contributed by atoms with Crippen LogP contribution >= 0.6 is 0 Å². The third kappa shape index (κ3) is 5.31. The van der Waals surface area contributed by atoms with Gasteiger partial charge in [0.1, 0.15) is 5.75 Å². The molecule has 0 fully saturated rings. The number of nitro benzene ring substituents is 1. The molecule has 2 rings (SSSR count). The molecule has 2 aromatic carbocycles. The van der Waals surface area contributed by atoms with E-state index in [-0.39, 0.29) is 16.5 Å². The molecular weight excluding hydrogens is 364 g/mol. The molecule has 0 spiro atoms. The van der Waals surface area contributed by atoms with E-state index in [4.69, 9.17) is 0 Å². The van der Waals surface area contributed by atoms with E-state index < -0.39 is 4.92 Å². The summed E-state index contributed by atoms with van der Waals surface area (Å²) in [6, 6.07) is 10.4. The van der Waals surface area contributed by atoms with Crippen molar-refractivity contribution in [3.05, 3.63) is 68.8 Å². The Kier molecular flexibility index (Phi) is 6.31. The van der Waals surface area contributed by atoms with Crippen LogP contribution < -0.4 is 0 Å². The van der Waals surface area contributed by atoms with Crippen molar-refractivity contribution in [1.82, 2.24) is 0 Å². The standard InChI is InChI=1S/C24H30N2O3/c1-23(2,3)20-13-16(14-21(22(20)27)24(4,5)6)12-18(15-25-7)17-8-10-19(11-9-17)26(28)29/h8-15,27H,1-7H3/b18-12+,25-15?. The molecule has 0 amide bonds. The third-order valence-electron chi connectivity index (χ3n) is 4.75. The van der Waals surface area contributed by atoms with Gasteiger partial charge in [-0.25, -0.2) is 0 Å². The second-order valence-corrected chi connectivity index (χ2v) is 9.26. The first-order valence-electron chi connectivity index (χ1n) is 9.61. The van der Waals surface area contributed by atoms with Crippen LogP contribution in [0.1, 0.15) is 63.8 Å². The topological polar surface area (TPSA) is 75.7 Å². The van der Waals surface area contributed by atoms with Crippen LogP contribution in [0, 0.1) is 10.1 Å². The highest BCUT2D eigenvalue weighted by Gasteiger charge is 2.26. The number of nitrogens with zero attached hydrogens (tertiary/aromatic N) is 2. The van der Waals surface area contributed by atoms with Crippen molar-refractivity contribution in [2.45, 2.75) is 52.4 Å². The molecule has 5 heteroatoms. The fourth-order valence-electron chi connectivity index (χ4n) is 3.17. The Balaban J connectivity index is 2.69. The molecule has 1 N–H and O–H groups in total. The normalized spacial score (nSPS) is 13.1. The molecule has 0 radical (unpaired) electrons. The summed E-state index contributed by atoms with van der Waals surface area (Å²) in [4.78, 5) is 14.7. The lowest BCUT2D eigenvalue weighted by atomic mass is 9.78. The zero-order valence-corrected chi connectivity index (χ0v) is 18.3. The lowest BCUT2D eigenvalue weighted by Gasteiger charge is -2.28. The summed E-state index contributed by atoms with van der Waals surface area (Å²) in [6.45, 7) is 12.5. The molecule has 5 nitrogen and oxygen atoms in total. The first kappa shape index (κ1) is 22.3. The molecule has 2 aromatic rings. The van der Waals surface area contributed by atoms with E-state index in [9.17, 15) is 15.2 Å². The SMILES string of the molecule is CN=C/C(=C\c1cc(C(C)(C)C)c(O)c(C(C)(C)C)c1)c1ccc([N+](=O)[O-])cc1. The predicted octanol–water partition coefficient (Wildman–Crippen LogP) is 6.14. The summed E-state index contributed by atoms with van der Waals surface area (Å²) in [5, 5.41) is 21.8. The monoisotopic (exact) mass is 394 g/mol. The Morgan fingerprint density at radius 1 is 1.00 bits per heavy atom. The number of nitro groups is 1. The van der Waals surface area contributed by atoms with Gasteiger partial charge in [0, 0.05) is 42.1 Å². The highest BCUT2D eigenvalue weighted by molar-refractivity contribution is 6.15. The first-order chi connectivity index (χ1) is 13.3. The van der Waals surface area contributed by atoms with Crippen molar-refractivity contribution >= 4 is 23.6 Å².